The molecule has 2 N–H and O–H groups in total. The highest BCUT2D eigenvalue weighted by Gasteiger charge is 2.15. The first-order chi connectivity index (χ1) is 16.4. The third-order valence-electron chi connectivity index (χ3n) is 4.93. The van der Waals surface area contributed by atoms with E-state index >= 15 is 0 Å². The van der Waals surface area contributed by atoms with E-state index in [1.54, 1.807) is 54.9 Å². The van der Waals surface area contributed by atoms with Crippen LogP contribution in [0.5, 0.6) is 5.75 Å². The Hall–Kier alpha value is -3.31. The number of ketones is 1. The zero-order chi connectivity index (χ0) is 24.1. The number of Topliss-reactive ketones (excluding diaryl/α,β-unsaturated/α-hetero) is 1. The third kappa shape index (κ3) is 5.60. The van der Waals surface area contributed by atoms with Crippen LogP contribution in [-0.2, 0) is 6.42 Å². The van der Waals surface area contributed by atoms with E-state index in [1.165, 1.54) is 26.7 Å². The smallest absolute Gasteiger partial charge is 0.255 e. The van der Waals surface area contributed by atoms with Crippen LogP contribution in [0.3, 0.4) is 0 Å². The fourth-order valence-corrected chi connectivity index (χ4v) is 4.21. The molecular weight excluding hydrogens is 480 g/mol. The summed E-state index contributed by atoms with van der Waals surface area (Å²) < 4.78 is 9.25. The third-order valence-corrected chi connectivity index (χ3v) is 6.20. The Morgan fingerprint density at radius 2 is 2.06 bits per heavy atom. The van der Waals surface area contributed by atoms with Gasteiger partial charge in [-0.25, -0.2) is 4.68 Å². The van der Waals surface area contributed by atoms with Gasteiger partial charge in [-0.2, -0.15) is 0 Å². The fraction of sp³-hybridized carbons (Fsp3) is 0.217. The lowest BCUT2D eigenvalue weighted by Gasteiger charge is -2.15. The lowest BCUT2D eigenvalue weighted by molar-refractivity contribution is 0.0535. The molecule has 0 bridgehead atoms. The van der Waals surface area contributed by atoms with Crippen molar-refractivity contribution in [1.29, 1.82) is 0 Å². The van der Waals surface area contributed by atoms with Crippen LogP contribution in [0.4, 0.5) is 0 Å². The van der Waals surface area contributed by atoms with Crippen molar-refractivity contribution in [2.75, 3.05) is 13.2 Å². The van der Waals surface area contributed by atoms with Gasteiger partial charge in [0.15, 0.2) is 5.78 Å². The average molecular weight is 501 g/mol. The number of hydrogen-bond donors (Lipinski definition) is 2. The summed E-state index contributed by atoms with van der Waals surface area (Å²) in [6.45, 7) is -0.611. The number of benzene rings is 1. The molecule has 3 heterocycles. The largest absolute Gasteiger partial charge is 0.488 e. The second-order valence-electron chi connectivity index (χ2n) is 7.39. The van der Waals surface area contributed by atoms with Gasteiger partial charge in [0.05, 0.1) is 33.4 Å². The summed E-state index contributed by atoms with van der Waals surface area (Å²) in [5, 5.41) is 27.1. The number of carbonyl (C=O) groups excluding carboxylic acids is 1. The second-order valence-corrected chi connectivity index (χ2v) is 9.10. The number of aromatic nitrogens is 4. The Kier molecular flexibility index (Phi) is 7.53. The Balaban J connectivity index is 1.57. The van der Waals surface area contributed by atoms with E-state index in [-0.39, 0.29) is 24.4 Å². The van der Waals surface area contributed by atoms with E-state index in [9.17, 15) is 14.7 Å². The second kappa shape index (κ2) is 10.7. The summed E-state index contributed by atoms with van der Waals surface area (Å²) in [5.74, 6) is 0.313. The SMILES string of the molecule is O=C(CCc1cn(-c2ccc(-n3ccccc3=O)cc2OC[C@H](O)CO)nn1)c1ccc(Cl)s1. The van der Waals surface area contributed by atoms with Crippen LogP contribution in [0.1, 0.15) is 21.8 Å². The van der Waals surface area contributed by atoms with Crippen molar-refractivity contribution in [2.45, 2.75) is 18.9 Å². The molecule has 4 rings (SSSR count). The summed E-state index contributed by atoms with van der Waals surface area (Å²) in [7, 11) is 0. The molecular formula is C23H21ClN4O5S. The van der Waals surface area contributed by atoms with E-state index in [0.29, 0.717) is 38.5 Å². The van der Waals surface area contributed by atoms with Crippen molar-refractivity contribution in [1.82, 2.24) is 19.6 Å². The van der Waals surface area contributed by atoms with Gasteiger partial charge in [0.2, 0.25) is 0 Å². The Morgan fingerprint density at radius 3 is 2.79 bits per heavy atom. The summed E-state index contributed by atoms with van der Waals surface area (Å²) >= 11 is 7.14. The molecule has 1 atom stereocenters. The minimum absolute atomic E-state index is 0.0221. The topological polar surface area (TPSA) is 119 Å². The Labute approximate surface area is 203 Å². The number of pyridine rings is 1. The van der Waals surface area contributed by atoms with Crippen LogP contribution < -0.4 is 10.3 Å². The van der Waals surface area contributed by atoms with Gasteiger partial charge >= 0.3 is 0 Å². The number of aryl methyl sites for hydroxylation is 1. The first-order valence-corrected chi connectivity index (χ1v) is 11.6. The molecule has 0 radical (unpaired) electrons. The maximum absolute atomic E-state index is 12.3. The van der Waals surface area contributed by atoms with Crippen molar-refractivity contribution in [3.8, 4) is 17.1 Å². The molecule has 0 saturated carbocycles. The Morgan fingerprint density at radius 1 is 1.21 bits per heavy atom. The van der Waals surface area contributed by atoms with Gasteiger partial charge in [-0.3, -0.25) is 14.2 Å². The number of nitrogens with zero attached hydrogens (tertiary/aromatic N) is 4. The van der Waals surface area contributed by atoms with Crippen LogP contribution in [-0.4, -0.2) is 54.9 Å². The number of carbonyl (C=O) groups is 1. The van der Waals surface area contributed by atoms with E-state index in [2.05, 4.69) is 10.3 Å². The first kappa shape index (κ1) is 23.8. The van der Waals surface area contributed by atoms with Gasteiger partial charge < -0.3 is 14.9 Å². The molecule has 3 aromatic heterocycles. The van der Waals surface area contributed by atoms with Crippen molar-refractivity contribution in [3.05, 3.63) is 86.2 Å². The van der Waals surface area contributed by atoms with Gasteiger partial charge in [-0.05, 0) is 30.3 Å². The van der Waals surface area contributed by atoms with E-state index < -0.39 is 12.7 Å². The van der Waals surface area contributed by atoms with Crippen molar-refractivity contribution < 1.29 is 19.7 Å². The minimum Gasteiger partial charge on any atom is -0.488 e. The predicted molar refractivity (Wildman–Crippen MR) is 128 cm³/mol. The molecule has 0 spiro atoms. The minimum atomic E-state index is -1.07. The number of halogens is 1. The molecule has 0 aliphatic carbocycles. The molecule has 0 fully saturated rings. The van der Waals surface area contributed by atoms with E-state index in [4.69, 9.17) is 21.4 Å². The van der Waals surface area contributed by atoms with Crippen molar-refractivity contribution >= 4 is 28.7 Å². The summed E-state index contributed by atoms with van der Waals surface area (Å²) in [4.78, 5) is 25.2. The van der Waals surface area contributed by atoms with Crippen LogP contribution in [0.25, 0.3) is 11.4 Å². The molecule has 4 aromatic rings. The molecule has 1 aromatic carbocycles. The molecule has 34 heavy (non-hydrogen) atoms. The predicted octanol–water partition coefficient (Wildman–Crippen LogP) is 2.68. The quantitative estimate of drug-likeness (QED) is 0.321. The van der Waals surface area contributed by atoms with Crippen LogP contribution >= 0.6 is 22.9 Å². The number of aliphatic hydroxyl groups is 2. The molecule has 11 heteroatoms. The zero-order valence-electron chi connectivity index (χ0n) is 17.9. The normalized spacial score (nSPS) is 12.0. The average Bonchev–Trinajstić information content (AvgIpc) is 3.50. The highest BCUT2D eigenvalue weighted by molar-refractivity contribution is 7.18. The monoisotopic (exact) mass is 500 g/mol. The molecule has 0 aliphatic heterocycles. The highest BCUT2D eigenvalue weighted by atomic mass is 35.5. The first-order valence-electron chi connectivity index (χ1n) is 10.4. The lowest BCUT2D eigenvalue weighted by atomic mass is 10.1. The maximum atomic E-state index is 12.3. The molecule has 176 valence electrons. The number of aliphatic hydroxyl groups excluding tert-OH is 2. The van der Waals surface area contributed by atoms with E-state index in [1.807, 2.05) is 0 Å². The number of ether oxygens (including phenoxy) is 1. The molecule has 0 amide bonds. The lowest BCUT2D eigenvalue weighted by Crippen LogP contribution is -2.22. The standard InChI is InChI=1S/C23H21ClN4O5S/c24-22-9-8-21(34-22)19(31)7-4-15-12-28(26-25-15)18-6-5-16(27-10-2-1-3-23(27)32)11-20(18)33-14-17(30)13-29/h1-3,5-6,8-12,17,29-30H,4,7,13-14H2/t17-/m1/s1. The number of hydrogen-bond acceptors (Lipinski definition) is 8. The van der Waals surface area contributed by atoms with Gasteiger partial charge in [0.25, 0.3) is 5.56 Å². The van der Waals surface area contributed by atoms with Gasteiger partial charge in [-0.1, -0.05) is 22.9 Å². The molecule has 0 aliphatic rings. The summed E-state index contributed by atoms with van der Waals surface area (Å²) in [6, 6.07) is 13.3. The number of rotatable bonds is 10. The van der Waals surface area contributed by atoms with Crippen LogP contribution in [0, 0.1) is 0 Å². The highest BCUT2D eigenvalue weighted by Crippen LogP contribution is 2.26. The molecule has 0 saturated heterocycles. The maximum Gasteiger partial charge on any atom is 0.255 e. The van der Waals surface area contributed by atoms with Crippen molar-refractivity contribution in [2.24, 2.45) is 0 Å². The zero-order valence-corrected chi connectivity index (χ0v) is 19.4. The fourth-order valence-electron chi connectivity index (χ4n) is 3.20. The summed E-state index contributed by atoms with van der Waals surface area (Å²) in [5.41, 5.74) is 1.48. The van der Waals surface area contributed by atoms with Crippen LogP contribution in [0.2, 0.25) is 4.34 Å². The van der Waals surface area contributed by atoms with Gasteiger partial charge in [0.1, 0.15) is 24.1 Å². The van der Waals surface area contributed by atoms with Crippen LogP contribution in [0.15, 0.2) is 65.7 Å². The molecule has 0 unspecified atom stereocenters. The number of thiophene rings is 1. The van der Waals surface area contributed by atoms with Crippen molar-refractivity contribution in [3.63, 3.8) is 0 Å². The summed E-state index contributed by atoms with van der Waals surface area (Å²) in [6.07, 6.45) is 2.91. The Bertz CT molecular complexity index is 1350. The van der Waals surface area contributed by atoms with Gasteiger partial charge in [-0.15, -0.1) is 16.4 Å². The van der Waals surface area contributed by atoms with E-state index in [0.717, 1.165) is 0 Å². The molecule has 9 nitrogen and oxygen atoms in total. The van der Waals surface area contributed by atoms with Gasteiger partial charge in [0, 0.05) is 31.2 Å².